The van der Waals surface area contributed by atoms with Crippen molar-refractivity contribution in [2.24, 2.45) is 0 Å². The predicted octanol–water partition coefficient (Wildman–Crippen LogP) is 6.48. The van der Waals surface area contributed by atoms with E-state index in [2.05, 4.69) is 97.9 Å². The highest BCUT2D eigenvalue weighted by molar-refractivity contribution is 5.47. The zero-order valence-electron chi connectivity index (χ0n) is 16.1. The molecule has 1 fully saturated rings. The Hall–Kier alpha value is -2.38. The van der Waals surface area contributed by atoms with E-state index in [1.165, 1.54) is 16.7 Å². The summed E-state index contributed by atoms with van der Waals surface area (Å²) in [7, 11) is 0. The van der Waals surface area contributed by atoms with Gasteiger partial charge in [0.15, 0.2) is 0 Å². The molecule has 0 spiro atoms. The second-order valence-electron chi connectivity index (χ2n) is 7.56. The molecule has 1 aliphatic heterocycles. The first-order valence-corrected chi connectivity index (χ1v) is 10.1. The first kappa shape index (κ1) is 18.0. The van der Waals surface area contributed by atoms with E-state index in [4.69, 9.17) is 4.74 Å². The molecule has 4 rings (SSSR count). The summed E-state index contributed by atoms with van der Waals surface area (Å²) in [6.07, 6.45) is 4.45. The van der Waals surface area contributed by atoms with Gasteiger partial charge in [-0.2, -0.15) is 0 Å². The van der Waals surface area contributed by atoms with Crippen molar-refractivity contribution in [3.8, 4) is 0 Å². The van der Waals surface area contributed by atoms with Gasteiger partial charge in [-0.1, -0.05) is 104 Å². The standard InChI is InChI=1S/C26H28O/c1-2-19-25(22-13-6-3-7-14-22)20-12-21-27-26(25,23-15-8-4-9-16-23)24-17-10-5-11-18-24/h3-11,13-18H,2,12,19-21H2,1H3. The molecule has 0 amide bonds. The van der Waals surface area contributed by atoms with Gasteiger partial charge in [-0.3, -0.25) is 0 Å². The van der Waals surface area contributed by atoms with Crippen molar-refractivity contribution in [1.29, 1.82) is 0 Å². The maximum atomic E-state index is 6.86. The van der Waals surface area contributed by atoms with Gasteiger partial charge in [0.25, 0.3) is 0 Å². The van der Waals surface area contributed by atoms with E-state index in [1.54, 1.807) is 0 Å². The van der Waals surface area contributed by atoms with Crippen LogP contribution in [-0.2, 0) is 15.8 Å². The quantitative estimate of drug-likeness (QED) is 0.508. The number of rotatable bonds is 5. The molecule has 3 aromatic carbocycles. The number of ether oxygens (including phenoxy) is 1. The van der Waals surface area contributed by atoms with E-state index in [-0.39, 0.29) is 5.41 Å². The van der Waals surface area contributed by atoms with Gasteiger partial charge in [-0.15, -0.1) is 0 Å². The molecule has 1 heterocycles. The second-order valence-corrected chi connectivity index (χ2v) is 7.56. The van der Waals surface area contributed by atoms with Crippen LogP contribution in [0.2, 0.25) is 0 Å². The van der Waals surface area contributed by atoms with Gasteiger partial charge in [0.05, 0.1) is 0 Å². The third-order valence-corrected chi connectivity index (χ3v) is 6.10. The average Bonchev–Trinajstić information content (AvgIpc) is 2.76. The zero-order valence-corrected chi connectivity index (χ0v) is 16.1. The van der Waals surface area contributed by atoms with E-state index >= 15 is 0 Å². The molecule has 1 unspecified atom stereocenters. The van der Waals surface area contributed by atoms with Gasteiger partial charge in [0, 0.05) is 12.0 Å². The SMILES string of the molecule is CCCC1(c2ccccc2)CCCOC1(c1ccccc1)c1ccccc1. The smallest absolute Gasteiger partial charge is 0.128 e. The lowest BCUT2D eigenvalue weighted by Gasteiger charge is -2.54. The number of hydrogen-bond donors (Lipinski definition) is 0. The lowest BCUT2D eigenvalue weighted by atomic mass is 9.56. The van der Waals surface area contributed by atoms with Gasteiger partial charge in [0.1, 0.15) is 5.60 Å². The van der Waals surface area contributed by atoms with Crippen molar-refractivity contribution >= 4 is 0 Å². The summed E-state index contributed by atoms with van der Waals surface area (Å²) >= 11 is 0. The minimum atomic E-state index is -0.467. The highest BCUT2D eigenvalue weighted by atomic mass is 16.5. The fraction of sp³-hybridized carbons (Fsp3) is 0.308. The highest BCUT2D eigenvalue weighted by Gasteiger charge is 2.56. The Morgan fingerprint density at radius 3 is 1.67 bits per heavy atom. The lowest BCUT2D eigenvalue weighted by Crippen LogP contribution is -2.55. The molecule has 27 heavy (non-hydrogen) atoms. The Labute approximate surface area is 163 Å². The Morgan fingerprint density at radius 2 is 1.19 bits per heavy atom. The van der Waals surface area contributed by atoms with E-state index in [9.17, 15) is 0 Å². The molecule has 0 radical (unpaired) electrons. The van der Waals surface area contributed by atoms with Crippen LogP contribution in [0.5, 0.6) is 0 Å². The van der Waals surface area contributed by atoms with Crippen molar-refractivity contribution in [3.63, 3.8) is 0 Å². The van der Waals surface area contributed by atoms with Gasteiger partial charge in [-0.05, 0) is 36.0 Å². The van der Waals surface area contributed by atoms with Crippen LogP contribution in [-0.4, -0.2) is 6.61 Å². The third kappa shape index (κ3) is 2.91. The van der Waals surface area contributed by atoms with Gasteiger partial charge >= 0.3 is 0 Å². The summed E-state index contributed by atoms with van der Waals surface area (Å²) in [6, 6.07) is 32.7. The molecule has 138 valence electrons. The van der Waals surface area contributed by atoms with Crippen LogP contribution >= 0.6 is 0 Å². The van der Waals surface area contributed by atoms with Crippen LogP contribution in [0.15, 0.2) is 91.0 Å². The Kier molecular flexibility index (Phi) is 5.13. The van der Waals surface area contributed by atoms with Crippen LogP contribution in [0.3, 0.4) is 0 Å². The molecule has 0 aliphatic carbocycles. The molecule has 1 saturated heterocycles. The maximum absolute atomic E-state index is 6.86. The minimum absolute atomic E-state index is 0.0794. The number of benzene rings is 3. The highest BCUT2D eigenvalue weighted by Crippen LogP contribution is 2.57. The Morgan fingerprint density at radius 1 is 0.704 bits per heavy atom. The maximum Gasteiger partial charge on any atom is 0.128 e. The molecular formula is C26H28O. The van der Waals surface area contributed by atoms with Gasteiger partial charge in [0.2, 0.25) is 0 Å². The van der Waals surface area contributed by atoms with Crippen molar-refractivity contribution in [2.45, 2.75) is 43.6 Å². The van der Waals surface area contributed by atoms with Gasteiger partial charge in [-0.25, -0.2) is 0 Å². The molecule has 1 aliphatic rings. The lowest BCUT2D eigenvalue weighted by molar-refractivity contribution is -0.118. The molecule has 0 N–H and O–H groups in total. The van der Waals surface area contributed by atoms with E-state index < -0.39 is 5.60 Å². The van der Waals surface area contributed by atoms with Crippen LogP contribution in [0.4, 0.5) is 0 Å². The number of hydrogen-bond acceptors (Lipinski definition) is 1. The molecule has 1 atom stereocenters. The summed E-state index contributed by atoms with van der Waals surface area (Å²) in [5.41, 5.74) is 3.36. The predicted molar refractivity (Wildman–Crippen MR) is 112 cm³/mol. The Bertz CT molecular complexity index is 798. The topological polar surface area (TPSA) is 9.23 Å². The third-order valence-electron chi connectivity index (χ3n) is 6.10. The summed E-state index contributed by atoms with van der Waals surface area (Å²) in [6.45, 7) is 3.09. The second kappa shape index (κ2) is 7.70. The van der Waals surface area contributed by atoms with Crippen LogP contribution in [0.25, 0.3) is 0 Å². The summed E-state index contributed by atoms with van der Waals surface area (Å²) in [5.74, 6) is 0. The first-order valence-electron chi connectivity index (χ1n) is 10.1. The molecule has 0 aromatic heterocycles. The molecule has 3 aromatic rings. The summed E-state index contributed by atoms with van der Waals surface area (Å²) in [5, 5.41) is 0. The first-order chi connectivity index (χ1) is 13.3. The minimum Gasteiger partial charge on any atom is -0.365 e. The molecule has 1 nitrogen and oxygen atoms in total. The molecule has 1 heteroatoms. The molecular weight excluding hydrogens is 328 g/mol. The summed E-state index contributed by atoms with van der Waals surface area (Å²) in [4.78, 5) is 0. The van der Waals surface area contributed by atoms with Crippen molar-refractivity contribution in [2.75, 3.05) is 6.61 Å². The largest absolute Gasteiger partial charge is 0.365 e. The normalized spacial score (nSPS) is 21.7. The van der Waals surface area contributed by atoms with Crippen LogP contribution in [0.1, 0.15) is 49.3 Å². The monoisotopic (exact) mass is 356 g/mol. The Balaban J connectivity index is 2.05. The average molecular weight is 357 g/mol. The van der Waals surface area contributed by atoms with Crippen molar-refractivity contribution < 1.29 is 4.74 Å². The van der Waals surface area contributed by atoms with Crippen LogP contribution < -0.4 is 0 Å². The fourth-order valence-corrected chi connectivity index (χ4v) is 5.12. The van der Waals surface area contributed by atoms with Crippen LogP contribution in [0, 0.1) is 0 Å². The van der Waals surface area contributed by atoms with Gasteiger partial charge < -0.3 is 4.74 Å². The van der Waals surface area contributed by atoms with E-state index in [1.807, 2.05) is 0 Å². The van der Waals surface area contributed by atoms with E-state index in [0.29, 0.717) is 0 Å². The van der Waals surface area contributed by atoms with Crippen molar-refractivity contribution in [3.05, 3.63) is 108 Å². The fourth-order valence-electron chi connectivity index (χ4n) is 5.12. The zero-order chi connectivity index (χ0) is 18.6. The van der Waals surface area contributed by atoms with E-state index in [0.717, 1.165) is 32.3 Å². The molecule has 0 saturated carbocycles. The summed E-state index contributed by atoms with van der Waals surface area (Å²) < 4.78 is 6.86. The molecule has 0 bridgehead atoms. The van der Waals surface area contributed by atoms with Crippen molar-refractivity contribution in [1.82, 2.24) is 0 Å².